The number of likely N-dealkylation sites (N-methyl/N-ethyl adjacent to an activating group) is 2. The molecule has 0 spiro atoms. The van der Waals surface area contributed by atoms with Crippen molar-refractivity contribution < 1.29 is 9.53 Å². The molecule has 5 nitrogen and oxygen atoms in total. The highest BCUT2D eigenvalue weighted by Crippen LogP contribution is 2.26. The van der Waals surface area contributed by atoms with Crippen LogP contribution in [0.1, 0.15) is 23.2 Å². The lowest BCUT2D eigenvalue weighted by atomic mass is 10.1. The number of carbonyl (C=O) groups is 1. The quantitative estimate of drug-likeness (QED) is 0.846. The van der Waals surface area contributed by atoms with Crippen molar-refractivity contribution in [1.29, 1.82) is 0 Å². The van der Waals surface area contributed by atoms with Gasteiger partial charge in [0.1, 0.15) is 11.3 Å². The first-order valence-electron chi connectivity index (χ1n) is 6.92. The van der Waals surface area contributed by atoms with E-state index in [0.29, 0.717) is 29.6 Å². The molecule has 2 rings (SSSR count). The van der Waals surface area contributed by atoms with Crippen molar-refractivity contribution in [2.75, 3.05) is 40.0 Å². The Labute approximate surface area is 120 Å². The average Bonchev–Trinajstić information content (AvgIpc) is 2.83. The molecule has 1 aliphatic heterocycles. The third kappa shape index (κ3) is 2.88. The van der Waals surface area contributed by atoms with Gasteiger partial charge in [-0.25, -0.2) is 0 Å². The van der Waals surface area contributed by atoms with Crippen molar-refractivity contribution >= 4 is 11.6 Å². The van der Waals surface area contributed by atoms with E-state index >= 15 is 0 Å². The first-order valence-corrected chi connectivity index (χ1v) is 6.92. The number of nitrogens with zero attached hydrogens (tertiary/aromatic N) is 2. The number of nitrogen functional groups attached to an aromatic ring is 1. The third-order valence-corrected chi connectivity index (χ3v) is 4.00. The number of hydrogen-bond acceptors (Lipinski definition) is 4. The van der Waals surface area contributed by atoms with E-state index in [2.05, 4.69) is 11.9 Å². The van der Waals surface area contributed by atoms with Crippen LogP contribution >= 0.6 is 0 Å². The molecule has 1 amide bonds. The Morgan fingerprint density at radius 3 is 2.90 bits per heavy atom. The Morgan fingerprint density at radius 2 is 2.30 bits per heavy atom. The second kappa shape index (κ2) is 6.13. The molecule has 0 radical (unpaired) electrons. The van der Waals surface area contributed by atoms with Crippen molar-refractivity contribution in [3.05, 3.63) is 23.8 Å². The zero-order valence-electron chi connectivity index (χ0n) is 12.4. The number of benzene rings is 1. The van der Waals surface area contributed by atoms with Gasteiger partial charge in [0.15, 0.2) is 0 Å². The van der Waals surface area contributed by atoms with Gasteiger partial charge in [-0.1, -0.05) is 6.07 Å². The zero-order chi connectivity index (χ0) is 14.7. The second-order valence-electron chi connectivity index (χ2n) is 5.39. The smallest absolute Gasteiger partial charge is 0.259 e. The predicted molar refractivity (Wildman–Crippen MR) is 80.0 cm³/mol. The summed E-state index contributed by atoms with van der Waals surface area (Å²) >= 11 is 0. The molecule has 2 N–H and O–H groups in total. The van der Waals surface area contributed by atoms with Gasteiger partial charge in [-0.05, 0) is 38.6 Å². The Balaban J connectivity index is 2.14. The molecule has 1 fully saturated rings. The summed E-state index contributed by atoms with van der Waals surface area (Å²) in [6.07, 6.45) is 2.33. The van der Waals surface area contributed by atoms with Gasteiger partial charge < -0.3 is 20.3 Å². The summed E-state index contributed by atoms with van der Waals surface area (Å²) in [5, 5.41) is 0. The summed E-state index contributed by atoms with van der Waals surface area (Å²) in [5.41, 5.74) is 6.85. The standard InChI is InChI=1S/C15H23N3O2/c1-17-9-5-6-11(17)10-18(2)15(19)14-12(16)7-4-8-13(14)20-3/h4,7-8,11H,5-6,9-10,16H2,1-3H3. The van der Waals surface area contributed by atoms with E-state index in [1.807, 2.05) is 7.05 Å². The fourth-order valence-corrected chi connectivity index (χ4v) is 2.75. The maximum Gasteiger partial charge on any atom is 0.259 e. The van der Waals surface area contributed by atoms with E-state index in [4.69, 9.17) is 10.5 Å². The number of likely N-dealkylation sites (tertiary alicyclic amines) is 1. The molecule has 1 aromatic rings. The first kappa shape index (κ1) is 14.7. The summed E-state index contributed by atoms with van der Waals surface area (Å²) in [6.45, 7) is 1.82. The summed E-state index contributed by atoms with van der Waals surface area (Å²) in [6, 6.07) is 5.71. The molecular formula is C15H23N3O2. The highest BCUT2D eigenvalue weighted by Gasteiger charge is 2.26. The number of amides is 1. The van der Waals surface area contributed by atoms with Crippen LogP contribution in [0.4, 0.5) is 5.69 Å². The Hall–Kier alpha value is -1.75. The van der Waals surface area contributed by atoms with Gasteiger partial charge >= 0.3 is 0 Å². The molecule has 20 heavy (non-hydrogen) atoms. The molecule has 110 valence electrons. The normalized spacial score (nSPS) is 19.1. The van der Waals surface area contributed by atoms with Crippen LogP contribution in [-0.2, 0) is 0 Å². The summed E-state index contributed by atoms with van der Waals surface area (Å²) in [7, 11) is 5.48. The van der Waals surface area contributed by atoms with Crippen molar-refractivity contribution in [1.82, 2.24) is 9.80 Å². The van der Waals surface area contributed by atoms with E-state index in [9.17, 15) is 4.79 Å². The molecule has 1 atom stereocenters. The molecule has 1 saturated heterocycles. The lowest BCUT2D eigenvalue weighted by molar-refractivity contribution is 0.0759. The number of rotatable bonds is 4. The minimum atomic E-state index is -0.0831. The Bertz CT molecular complexity index is 490. The zero-order valence-corrected chi connectivity index (χ0v) is 12.4. The van der Waals surface area contributed by atoms with Crippen LogP contribution in [0.5, 0.6) is 5.75 Å². The number of carbonyl (C=O) groups excluding carboxylic acids is 1. The predicted octanol–water partition coefficient (Wildman–Crippen LogP) is 1.44. The van der Waals surface area contributed by atoms with E-state index in [1.54, 1.807) is 30.2 Å². The molecular weight excluding hydrogens is 254 g/mol. The van der Waals surface area contributed by atoms with Gasteiger partial charge in [-0.2, -0.15) is 0 Å². The number of methoxy groups -OCH3 is 1. The summed E-state index contributed by atoms with van der Waals surface area (Å²) in [5.74, 6) is 0.446. The van der Waals surface area contributed by atoms with Gasteiger partial charge in [0.25, 0.3) is 5.91 Å². The van der Waals surface area contributed by atoms with Gasteiger partial charge in [0.05, 0.1) is 7.11 Å². The maximum absolute atomic E-state index is 12.6. The lowest BCUT2D eigenvalue weighted by Gasteiger charge is -2.26. The number of ether oxygens (including phenoxy) is 1. The average molecular weight is 277 g/mol. The first-order chi connectivity index (χ1) is 9.54. The largest absolute Gasteiger partial charge is 0.496 e. The monoisotopic (exact) mass is 277 g/mol. The Kier molecular flexibility index (Phi) is 4.49. The van der Waals surface area contributed by atoms with Crippen molar-refractivity contribution in [3.63, 3.8) is 0 Å². The van der Waals surface area contributed by atoms with Crippen LogP contribution in [0.3, 0.4) is 0 Å². The van der Waals surface area contributed by atoms with Crippen LogP contribution in [0.15, 0.2) is 18.2 Å². The topological polar surface area (TPSA) is 58.8 Å². The minimum absolute atomic E-state index is 0.0831. The highest BCUT2D eigenvalue weighted by molar-refractivity contribution is 6.01. The fourth-order valence-electron chi connectivity index (χ4n) is 2.75. The van der Waals surface area contributed by atoms with E-state index < -0.39 is 0 Å². The fraction of sp³-hybridized carbons (Fsp3) is 0.533. The molecule has 0 aliphatic carbocycles. The molecule has 1 heterocycles. The second-order valence-corrected chi connectivity index (χ2v) is 5.39. The molecule has 1 aliphatic rings. The maximum atomic E-state index is 12.6. The van der Waals surface area contributed by atoms with Gasteiger partial charge in [-0.3, -0.25) is 4.79 Å². The van der Waals surface area contributed by atoms with Crippen LogP contribution in [-0.4, -0.2) is 56.0 Å². The van der Waals surface area contributed by atoms with Crippen molar-refractivity contribution in [2.45, 2.75) is 18.9 Å². The van der Waals surface area contributed by atoms with E-state index in [-0.39, 0.29) is 5.91 Å². The number of anilines is 1. The summed E-state index contributed by atoms with van der Waals surface area (Å²) < 4.78 is 5.25. The highest BCUT2D eigenvalue weighted by atomic mass is 16.5. The van der Waals surface area contributed by atoms with Crippen LogP contribution in [0.25, 0.3) is 0 Å². The number of nitrogens with two attached hydrogens (primary N) is 1. The molecule has 1 aromatic carbocycles. The molecule has 0 saturated carbocycles. The number of hydrogen-bond donors (Lipinski definition) is 1. The third-order valence-electron chi connectivity index (χ3n) is 4.00. The van der Waals surface area contributed by atoms with Crippen LogP contribution < -0.4 is 10.5 Å². The lowest BCUT2D eigenvalue weighted by Crippen LogP contribution is -2.39. The van der Waals surface area contributed by atoms with Crippen molar-refractivity contribution in [2.24, 2.45) is 0 Å². The van der Waals surface area contributed by atoms with Gasteiger partial charge in [0, 0.05) is 25.3 Å². The molecule has 1 unspecified atom stereocenters. The van der Waals surface area contributed by atoms with Crippen molar-refractivity contribution in [3.8, 4) is 5.75 Å². The van der Waals surface area contributed by atoms with Gasteiger partial charge in [-0.15, -0.1) is 0 Å². The van der Waals surface area contributed by atoms with E-state index in [0.717, 1.165) is 13.0 Å². The van der Waals surface area contributed by atoms with Gasteiger partial charge in [0.2, 0.25) is 0 Å². The molecule has 5 heteroatoms. The molecule has 0 bridgehead atoms. The Morgan fingerprint density at radius 1 is 1.55 bits per heavy atom. The SMILES string of the molecule is COc1cccc(N)c1C(=O)N(C)CC1CCCN1C. The van der Waals surface area contributed by atoms with Crippen LogP contribution in [0.2, 0.25) is 0 Å². The summed E-state index contributed by atoms with van der Waals surface area (Å²) in [4.78, 5) is 16.6. The minimum Gasteiger partial charge on any atom is -0.496 e. The van der Waals surface area contributed by atoms with Crippen LogP contribution in [0, 0.1) is 0 Å². The van der Waals surface area contributed by atoms with E-state index in [1.165, 1.54) is 6.42 Å². The molecule has 0 aromatic heterocycles.